The minimum Gasteiger partial charge on any atom is -0.480 e. The largest absolute Gasteiger partial charge is 0.480 e. The zero-order valence-corrected chi connectivity index (χ0v) is 33.4. The molecule has 2 heterocycles. The number of nitrogens with zero attached hydrogens (tertiary/aromatic N) is 1. The molecule has 0 bridgehead atoms. The van der Waals surface area contributed by atoms with E-state index >= 15 is 0 Å². The van der Waals surface area contributed by atoms with Crippen molar-refractivity contribution in [3.8, 4) is 0 Å². The second-order valence-corrected chi connectivity index (χ2v) is 16.9. The number of carbonyl (C=O) groups is 4. The van der Waals surface area contributed by atoms with Gasteiger partial charge in [-0.05, 0) is 119 Å². The number of unbranched alkanes of at least 4 members (excludes halogenated alkanes) is 1. The monoisotopic (exact) mass is 731 g/mol. The van der Waals surface area contributed by atoms with Gasteiger partial charge in [-0.2, -0.15) is 0 Å². The molecule has 8 nitrogen and oxygen atoms in total. The van der Waals surface area contributed by atoms with Gasteiger partial charge < -0.3 is 20.6 Å². The smallest absolute Gasteiger partial charge is 0.327 e. The highest BCUT2D eigenvalue weighted by Gasteiger charge is 2.64. The summed E-state index contributed by atoms with van der Waals surface area (Å²) >= 11 is 1.37. The summed E-state index contributed by atoms with van der Waals surface area (Å²) in [7, 11) is 0. The Bertz CT molecular complexity index is 1570. The fourth-order valence-corrected chi connectivity index (χ4v) is 8.25. The number of allylic oxidation sites excluding steroid dienone is 10. The van der Waals surface area contributed by atoms with Crippen molar-refractivity contribution >= 4 is 35.5 Å². The minimum absolute atomic E-state index is 0.230. The Labute approximate surface area is 316 Å². The minimum atomic E-state index is -1.06. The number of thioether (sulfide) groups is 1. The summed E-state index contributed by atoms with van der Waals surface area (Å²) in [5, 5.41) is 14.9. The summed E-state index contributed by atoms with van der Waals surface area (Å²) in [6.45, 7) is 16.5. The van der Waals surface area contributed by atoms with E-state index in [4.69, 9.17) is 0 Å². The van der Waals surface area contributed by atoms with Crippen LogP contribution in [0.4, 0.5) is 0 Å². The van der Waals surface area contributed by atoms with E-state index in [1.54, 1.807) is 38.1 Å². The number of benzene rings is 1. The molecule has 9 heteroatoms. The number of carboxylic acid groups (broad SMARTS) is 1. The second-order valence-electron chi connectivity index (χ2n) is 15.2. The lowest BCUT2D eigenvalue weighted by atomic mass is 9.95. The van der Waals surface area contributed by atoms with Gasteiger partial charge in [0.1, 0.15) is 23.5 Å². The Hall–Kier alpha value is -3.85. The van der Waals surface area contributed by atoms with Crippen LogP contribution in [0.1, 0.15) is 131 Å². The first-order valence-corrected chi connectivity index (χ1v) is 19.6. The molecule has 0 radical (unpaired) electrons. The topological polar surface area (TPSA) is 116 Å². The molecular weight excluding hydrogens is 671 g/mol. The van der Waals surface area contributed by atoms with Crippen LogP contribution in [0.15, 0.2) is 88.6 Å². The van der Waals surface area contributed by atoms with Crippen molar-refractivity contribution in [1.82, 2.24) is 15.5 Å². The van der Waals surface area contributed by atoms with Crippen molar-refractivity contribution in [3.05, 3.63) is 94.1 Å². The van der Waals surface area contributed by atoms with Gasteiger partial charge in [-0.25, -0.2) is 4.79 Å². The van der Waals surface area contributed by atoms with Gasteiger partial charge in [0, 0.05) is 11.2 Å². The second kappa shape index (κ2) is 20.4. The molecule has 2 aliphatic heterocycles. The SMILES string of the molecule is CC(C)=CCCC(C)=CCCC(C)=CCCC=C(C)CCC=C(C)CCC(=O)NC(C(=O)NC1C(=O)N2C1SC(C)(C)C2C(=O)O)c1ccccc1. The third-order valence-corrected chi connectivity index (χ3v) is 11.3. The van der Waals surface area contributed by atoms with Crippen molar-refractivity contribution in [2.45, 2.75) is 148 Å². The van der Waals surface area contributed by atoms with Gasteiger partial charge in [-0.1, -0.05) is 88.6 Å². The molecule has 1 aromatic carbocycles. The Balaban J connectivity index is 1.42. The molecule has 284 valence electrons. The van der Waals surface area contributed by atoms with Gasteiger partial charge in [0.05, 0.1) is 0 Å². The van der Waals surface area contributed by atoms with Crippen molar-refractivity contribution in [2.75, 3.05) is 0 Å². The first-order chi connectivity index (χ1) is 24.6. The Morgan fingerprint density at radius 2 is 1.27 bits per heavy atom. The summed E-state index contributed by atoms with van der Waals surface area (Å²) < 4.78 is -0.696. The van der Waals surface area contributed by atoms with Gasteiger partial charge in [0.15, 0.2) is 0 Å². The molecule has 3 N–H and O–H groups in total. The molecule has 2 saturated heterocycles. The fraction of sp³-hybridized carbons (Fsp3) is 0.535. The number of aliphatic carboxylic acids is 1. The molecule has 2 fully saturated rings. The number of carboxylic acids is 1. The summed E-state index contributed by atoms with van der Waals surface area (Å²) in [6, 6.07) is 6.15. The standard InChI is InChI=1S/C43H61N3O5S/c1-29(2)17-14-20-32(5)23-15-21-30(3)18-12-13-19-31(4)22-16-24-33(6)27-28-35(47)44-36(34-25-10-9-11-26-34)39(48)45-37-40(49)46-38(42(50)51)43(7,8)52-41(37)46/h9-11,17-19,23-26,36-38,41H,12-16,20-22,27-28H2,1-8H3,(H,44,47)(H,45,48)(H,50,51). The molecule has 1 aromatic rings. The predicted octanol–water partition coefficient (Wildman–Crippen LogP) is 9.13. The molecule has 0 aromatic heterocycles. The fourth-order valence-electron chi connectivity index (χ4n) is 6.62. The highest BCUT2D eigenvalue weighted by atomic mass is 32.2. The highest BCUT2D eigenvalue weighted by Crippen LogP contribution is 2.50. The van der Waals surface area contributed by atoms with Crippen LogP contribution in [-0.2, 0) is 19.2 Å². The number of hydrogen-bond acceptors (Lipinski definition) is 5. The molecule has 0 saturated carbocycles. The third-order valence-electron chi connectivity index (χ3n) is 9.73. The number of amides is 3. The van der Waals surface area contributed by atoms with Crippen LogP contribution >= 0.6 is 11.8 Å². The maximum atomic E-state index is 13.5. The lowest BCUT2D eigenvalue weighted by molar-refractivity contribution is -0.161. The third kappa shape index (κ3) is 13.0. The summed E-state index contributed by atoms with van der Waals surface area (Å²) in [5.74, 6) is -2.24. The van der Waals surface area contributed by atoms with Crippen molar-refractivity contribution in [2.24, 2.45) is 0 Å². The normalized spacial score (nSPS) is 20.9. The maximum absolute atomic E-state index is 13.5. The van der Waals surface area contributed by atoms with E-state index in [1.807, 2.05) is 13.0 Å². The van der Waals surface area contributed by atoms with Gasteiger partial charge in [0.2, 0.25) is 17.7 Å². The lowest BCUT2D eigenvalue weighted by Gasteiger charge is -2.44. The average molecular weight is 732 g/mol. The van der Waals surface area contributed by atoms with Crippen LogP contribution in [0.3, 0.4) is 0 Å². The number of rotatable bonds is 20. The highest BCUT2D eigenvalue weighted by molar-refractivity contribution is 8.01. The van der Waals surface area contributed by atoms with Gasteiger partial charge in [-0.3, -0.25) is 14.4 Å². The Morgan fingerprint density at radius 3 is 1.79 bits per heavy atom. The molecule has 0 aliphatic carbocycles. The molecule has 4 atom stereocenters. The summed E-state index contributed by atoms with van der Waals surface area (Å²) in [6.07, 6.45) is 20.8. The van der Waals surface area contributed by atoms with Crippen LogP contribution in [0.25, 0.3) is 0 Å². The number of β-lactam (4-membered cyclic amide) rings is 1. The van der Waals surface area contributed by atoms with Crippen molar-refractivity contribution < 1.29 is 24.3 Å². The maximum Gasteiger partial charge on any atom is 0.327 e. The van der Waals surface area contributed by atoms with E-state index in [2.05, 4.69) is 75.6 Å². The Morgan fingerprint density at radius 1 is 0.769 bits per heavy atom. The average Bonchev–Trinajstić information content (AvgIpc) is 3.34. The van der Waals surface area contributed by atoms with Crippen LogP contribution in [-0.4, -0.2) is 55.9 Å². The van der Waals surface area contributed by atoms with E-state index in [0.717, 1.165) is 56.9 Å². The number of nitrogens with one attached hydrogen (secondary N) is 2. The number of fused-ring (bicyclic) bond motifs is 1. The van der Waals surface area contributed by atoms with E-state index in [1.165, 1.54) is 39.0 Å². The molecule has 52 heavy (non-hydrogen) atoms. The lowest BCUT2D eigenvalue weighted by Crippen LogP contribution is -2.71. The van der Waals surface area contributed by atoms with E-state index in [9.17, 15) is 24.3 Å². The van der Waals surface area contributed by atoms with Crippen LogP contribution in [0.5, 0.6) is 0 Å². The molecule has 0 spiro atoms. The summed E-state index contributed by atoms with van der Waals surface area (Å²) in [4.78, 5) is 52.8. The molecule has 3 rings (SSSR count). The first kappa shape index (κ1) is 42.6. The van der Waals surface area contributed by atoms with E-state index < -0.39 is 46.0 Å². The zero-order chi connectivity index (χ0) is 38.4. The molecule has 3 amide bonds. The van der Waals surface area contributed by atoms with Crippen molar-refractivity contribution in [1.29, 1.82) is 0 Å². The predicted molar refractivity (Wildman–Crippen MR) is 214 cm³/mol. The Kier molecular flexibility index (Phi) is 16.7. The van der Waals surface area contributed by atoms with E-state index in [-0.39, 0.29) is 12.3 Å². The van der Waals surface area contributed by atoms with Gasteiger partial charge in [0.25, 0.3) is 0 Å². The zero-order valence-electron chi connectivity index (χ0n) is 32.6. The van der Waals surface area contributed by atoms with Crippen LogP contribution in [0.2, 0.25) is 0 Å². The van der Waals surface area contributed by atoms with Crippen molar-refractivity contribution in [3.63, 3.8) is 0 Å². The van der Waals surface area contributed by atoms with Crippen LogP contribution in [0, 0.1) is 0 Å². The number of carbonyl (C=O) groups excluding carboxylic acids is 3. The van der Waals surface area contributed by atoms with Gasteiger partial charge in [-0.15, -0.1) is 11.8 Å². The van der Waals surface area contributed by atoms with Gasteiger partial charge >= 0.3 is 5.97 Å². The molecular formula is C43H61N3O5S. The molecule has 2 aliphatic rings. The summed E-state index contributed by atoms with van der Waals surface area (Å²) in [5.41, 5.74) is 7.40. The number of hydrogen-bond donors (Lipinski definition) is 3. The van der Waals surface area contributed by atoms with Crippen LogP contribution < -0.4 is 10.6 Å². The van der Waals surface area contributed by atoms with E-state index in [0.29, 0.717) is 12.0 Å². The molecule has 4 unspecified atom stereocenters. The first-order valence-electron chi connectivity index (χ1n) is 18.7. The quantitative estimate of drug-likeness (QED) is 0.0700.